The standard InChI is InChI=1S/C15H15Br2NO/c1-10-4-3-7-18-14(10)9-13(17)12-6-5-11(16)8-15(12)19-2/h3-8,13H,9H2,1-2H3. The fourth-order valence-corrected chi connectivity index (χ4v) is 2.98. The van der Waals surface area contributed by atoms with Gasteiger partial charge in [0.15, 0.2) is 0 Å². The molecule has 1 unspecified atom stereocenters. The molecule has 2 aromatic rings. The fraction of sp³-hybridized carbons (Fsp3) is 0.267. The van der Waals surface area contributed by atoms with Crippen molar-refractivity contribution in [2.24, 2.45) is 0 Å². The minimum Gasteiger partial charge on any atom is -0.496 e. The van der Waals surface area contributed by atoms with Crippen LogP contribution >= 0.6 is 31.9 Å². The van der Waals surface area contributed by atoms with Crippen LogP contribution in [0, 0.1) is 6.92 Å². The van der Waals surface area contributed by atoms with Gasteiger partial charge < -0.3 is 4.74 Å². The van der Waals surface area contributed by atoms with Crippen LogP contribution in [0.4, 0.5) is 0 Å². The maximum Gasteiger partial charge on any atom is 0.124 e. The molecule has 19 heavy (non-hydrogen) atoms. The van der Waals surface area contributed by atoms with E-state index in [1.54, 1.807) is 7.11 Å². The van der Waals surface area contributed by atoms with E-state index >= 15 is 0 Å². The Hall–Kier alpha value is -0.870. The van der Waals surface area contributed by atoms with Crippen LogP contribution in [0.25, 0.3) is 0 Å². The Bertz CT molecular complexity index is 572. The molecule has 4 heteroatoms. The summed E-state index contributed by atoms with van der Waals surface area (Å²) in [5.41, 5.74) is 3.45. The predicted octanol–water partition coefficient (Wildman–Crippen LogP) is 4.84. The van der Waals surface area contributed by atoms with Crippen molar-refractivity contribution in [3.05, 3.63) is 57.8 Å². The second-order valence-electron chi connectivity index (χ2n) is 4.32. The normalized spacial score (nSPS) is 12.2. The molecule has 0 aliphatic heterocycles. The van der Waals surface area contributed by atoms with Crippen molar-refractivity contribution in [2.45, 2.75) is 18.2 Å². The summed E-state index contributed by atoms with van der Waals surface area (Å²) in [4.78, 5) is 4.62. The summed E-state index contributed by atoms with van der Waals surface area (Å²) in [6, 6.07) is 10.1. The molecule has 0 radical (unpaired) electrons. The first kappa shape index (κ1) is 14.5. The molecule has 0 bridgehead atoms. The molecule has 2 rings (SSSR count). The third-order valence-corrected chi connectivity index (χ3v) is 4.33. The highest BCUT2D eigenvalue weighted by atomic mass is 79.9. The fourth-order valence-electron chi connectivity index (χ4n) is 1.96. The number of halogens is 2. The smallest absolute Gasteiger partial charge is 0.124 e. The van der Waals surface area contributed by atoms with Crippen molar-refractivity contribution in [3.63, 3.8) is 0 Å². The number of alkyl halides is 1. The Morgan fingerprint density at radius 3 is 2.79 bits per heavy atom. The number of hydrogen-bond acceptors (Lipinski definition) is 2. The molecule has 1 atom stereocenters. The van der Waals surface area contributed by atoms with Gasteiger partial charge in [-0.15, -0.1) is 0 Å². The van der Waals surface area contributed by atoms with Crippen molar-refractivity contribution in [1.82, 2.24) is 4.98 Å². The number of rotatable bonds is 4. The topological polar surface area (TPSA) is 22.1 Å². The van der Waals surface area contributed by atoms with Crippen molar-refractivity contribution in [1.29, 1.82) is 0 Å². The molecule has 0 aliphatic carbocycles. The molecule has 2 nitrogen and oxygen atoms in total. The van der Waals surface area contributed by atoms with Crippen LogP contribution in [0.1, 0.15) is 21.6 Å². The number of ether oxygens (including phenoxy) is 1. The van der Waals surface area contributed by atoms with E-state index < -0.39 is 0 Å². The Balaban J connectivity index is 2.25. The first-order valence-electron chi connectivity index (χ1n) is 6.00. The highest BCUT2D eigenvalue weighted by Gasteiger charge is 2.15. The highest BCUT2D eigenvalue weighted by Crippen LogP contribution is 2.35. The first-order valence-corrected chi connectivity index (χ1v) is 7.70. The van der Waals surface area contributed by atoms with Gasteiger partial charge in [0.1, 0.15) is 5.75 Å². The van der Waals surface area contributed by atoms with Gasteiger partial charge in [0.25, 0.3) is 0 Å². The van der Waals surface area contributed by atoms with Gasteiger partial charge in [0.05, 0.1) is 7.11 Å². The summed E-state index contributed by atoms with van der Waals surface area (Å²) in [5, 5.41) is 0. The SMILES string of the molecule is COc1cc(Br)ccc1C(Br)Cc1ncccc1C. The molecular formula is C15H15Br2NO. The maximum atomic E-state index is 5.43. The Morgan fingerprint density at radius 2 is 2.11 bits per heavy atom. The molecule has 0 fully saturated rings. The summed E-state index contributed by atoms with van der Waals surface area (Å²) in [5.74, 6) is 0.879. The number of aromatic nitrogens is 1. The lowest BCUT2D eigenvalue weighted by molar-refractivity contribution is 0.409. The van der Waals surface area contributed by atoms with Crippen molar-refractivity contribution in [3.8, 4) is 5.75 Å². The quantitative estimate of drug-likeness (QED) is 0.703. The molecule has 1 aromatic carbocycles. The molecule has 0 saturated heterocycles. The molecule has 0 spiro atoms. The average Bonchev–Trinajstić information content (AvgIpc) is 2.41. The largest absolute Gasteiger partial charge is 0.496 e. The van der Waals surface area contributed by atoms with Crippen LogP contribution in [0.3, 0.4) is 0 Å². The second-order valence-corrected chi connectivity index (χ2v) is 6.35. The van der Waals surface area contributed by atoms with E-state index in [0.29, 0.717) is 0 Å². The number of nitrogens with zero attached hydrogens (tertiary/aromatic N) is 1. The molecule has 100 valence electrons. The zero-order valence-electron chi connectivity index (χ0n) is 10.9. The van der Waals surface area contributed by atoms with Crippen molar-refractivity contribution >= 4 is 31.9 Å². The Morgan fingerprint density at radius 1 is 1.32 bits per heavy atom. The molecular weight excluding hydrogens is 370 g/mol. The molecule has 0 saturated carbocycles. The van der Waals surface area contributed by atoms with E-state index in [2.05, 4.69) is 55.9 Å². The molecule has 0 N–H and O–H groups in total. The lowest BCUT2D eigenvalue weighted by Crippen LogP contribution is -2.02. The highest BCUT2D eigenvalue weighted by molar-refractivity contribution is 9.10. The number of methoxy groups -OCH3 is 1. The summed E-state index contributed by atoms with van der Waals surface area (Å²) in [7, 11) is 1.69. The van der Waals surface area contributed by atoms with Gasteiger partial charge in [-0.1, -0.05) is 44.0 Å². The second kappa shape index (κ2) is 6.53. The predicted molar refractivity (Wildman–Crippen MR) is 85.0 cm³/mol. The van der Waals surface area contributed by atoms with Crippen LogP contribution in [-0.4, -0.2) is 12.1 Å². The zero-order valence-corrected chi connectivity index (χ0v) is 14.0. The van der Waals surface area contributed by atoms with Crippen molar-refractivity contribution < 1.29 is 4.74 Å². The van der Waals surface area contributed by atoms with Crippen molar-refractivity contribution in [2.75, 3.05) is 7.11 Å². The van der Waals surface area contributed by atoms with Gasteiger partial charge in [-0.2, -0.15) is 0 Å². The van der Waals surface area contributed by atoms with E-state index in [4.69, 9.17) is 4.74 Å². The van der Waals surface area contributed by atoms with Gasteiger partial charge in [-0.25, -0.2) is 0 Å². The average molecular weight is 385 g/mol. The van der Waals surface area contributed by atoms with Gasteiger partial charge in [0, 0.05) is 33.2 Å². The third kappa shape index (κ3) is 3.57. The van der Waals surface area contributed by atoms with E-state index in [1.165, 1.54) is 5.56 Å². The summed E-state index contributed by atoms with van der Waals surface area (Å²) < 4.78 is 6.45. The first-order chi connectivity index (χ1) is 9.11. The van der Waals surface area contributed by atoms with Crippen LogP contribution in [0.5, 0.6) is 5.75 Å². The number of aryl methyl sites for hydroxylation is 1. The van der Waals surface area contributed by atoms with Gasteiger partial charge in [-0.05, 0) is 30.7 Å². The number of pyridine rings is 1. The molecule has 0 amide bonds. The Labute approximate surface area is 130 Å². The monoisotopic (exact) mass is 383 g/mol. The van der Waals surface area contributed by atoms with Crippen LogP contribution in [-0.2, 0) is 6.42 Å². The summed E-state index contributed by atoms with van der Waals surface area (Å²) in [6.07, 6.45) is 2.67. The van der Waals surface area contributed by atoms with Gasteiger partial charge >= 0.3 is 0 Å². The summed E-state index contributed by atoms with van der Waals surface area (Å²) >= 11 is 7.19. The number of hydrogen-bond donors (Lipinski definition) is 0. The van der Waals surface area contributed by atoms with E-state index in [9.17, 15) is 0 Å². The molecule has 1 aromatic heterocycles. The maximum absolute atomic E-state index is 5.43. The van der Waals surface area contributed by atoms with Crippen LogP contribution in [0.2, 0.25) is 0 Å². The zero-order chi connectivity index (χ0) is 13.8. The minimum atomic E-state index is 0.184. The van der Waals surface area contributed by atoms with E-state index in [0.717, 1.165) is 27.9 Å². The Kier molecular flexibility index (Phi) is 4.99. The molecule has 1 heterocycles. The van der Waals surface area contributed by atoms with Crippen LogP contribution < -0.4 is 4.74 Å². The van der Waals surface area contributed by atoms with Gasteiger partial charge in [0.2, 0.25) is 0 Å². The lowest BCUT2D eigenvalue weighted by Gasteiger charge is -2.15. The van der Waals surface area contributed by atoms with E-state index in [-0.39, 0.29) is 4.83 Å². The summed E-state index contributed by atoms with van der Waals surface area (Å²) in [6.45, 7) is 2.08. The van der Waals surface area contributed by atoms with Crippen LogP contribution in [0.15, 0.2) is 41.0 Å². The lowest BCUT2D eigenvalue weighted by atomic mass is 10.0. The number of benzene rings is 1. The third-order valence-electron chi connectivity index (χ3n) is 3.02. The molecule has 0 aliphatic rings. The van der Waals surface area contributed by atoms with E-state index in [1.807, 2.05) is 24.4 Å². The van der Waals surface area contributed by atoms with Gasteiger partial charge in [-0.3, -0.25) is 4.98 Å². The minimum absolute atomic E-state index is 0.184.